The molecule has 3 heteroatoms. The van der Waals surface area contributed by atoms with Gasteiger partial charge in [0.1, 0.15) is 0 Å². The van der Waals surface area contributed by atoms with Crippen LogP contribution in [0, 0.1) is 0 Å². The van der Waals surface area contributed by atoms with Crippen LogP contribution in [0.25, 0.3) is 49.1 Å². The van der Waals surface area contributed by atoms with E-state index < -0.39 is 0 Å². The zero-order valence-corrected chi connectivity index (χ0v) is 25.7. The lowest BCUT2D eigenvalue weighted by molar-refractivity contribution is 0.787. The van der Waals surface area contributed by atoms with Crippen molar-refractivity contribution in [2.24, 2.45) is 0 Å². The van der Waals surface area contributed by atoms with Gasteiger partial charge in [0.2, 0.25) is 0 Å². The summed E-state index contributed by atoms with van der Waals surface area (Å²) in [5.74, 6) is 0. The summed E-state index contributed by atoms with van der Waals surface area (Å²) in [6.45, 7) is 15.8. The molecule has 6 rings (SSSR count). The van der Waals surface area contributed by atoms with E-state index in [1.54, 1.807) is 0 Å². The van der Waals surface area contributed by atoms with Gasteiger partial charge in [0.05, 0.1) is 5.70 Å². The van der Waals surface area contributed by atoms with Gasteiger partial charge in [0.15, 0.2) is 0 Å². The molecule has 206 valence electrons. The molecule has 5 aromatic carbocycles. The molecule has 0 atom stereocenters. The minimum atomic E-state index is 0.920. The third-order valence-corrected chi connectivity index (χ3v) is 8.74. The lowest BCUT2D eigenvalue weighted by Crippen LogP contribution is -2.25. The van der Waals surface area contributed by atoms with Crippen LogP contribution in [0.5, 0.6) is 0 Å². The van der Waals surface area contributed by atoms with Gasteiger partial charge >= 0.3 is 0 Å². The summed E-state index contributed by atoms with van der Waals surface area (Å²) in [6, 6.07) is 28.9. The Morgan fingerprint density at radius 2 is 1.49 bits per heavy atom. The summed E-state index contributed by atoms with van der Waals surface area (Å²) in [5, 5.41) is 16.4. The predicted octanol–water partition coefficient (Wildman–Crippen LogP) is 10.7. The first kappa shape index (κ1) is 28.4. The average Bonchev–Trinajstić information content (AvgIpc) is 3.03. The number of rotatable bonds is 7. The maximum Gasteiger partial charge on any atom is 0.0510 e. The quantitative estimate of drug-likeness (QED) is 0.154. The zero-order chi connectivity index (χ0) is 28.9. The Labute approximate surface area is 246 Å². The second-order valence-corrected chi connectivity index (χ2v) is 11.1. The highest BCUT2D eigenvalue weighted by Crippen LogP contribution is 2.39. The molecule has 0 unspecified atom stereocenters. The van der Waals surface area contributed by atoms with Crippen molar-refractivity contribution >= 4 is 51.7 Å². The smallest absolute Gasteiger partial charge is 0.0510 e. The fourth-order valence-corrected chi connectivity index (χ4v) is 6.64. The van der Waals surface area contributed by atoms with Crippen LogP contribution in [0.15, 0.2) is 121 Å². The molecule has 0 aliphatic heterocycles. The SMILES string of the molecule is C=C(NP=C1C(NCCC)=C(C)C=C/C1=C/C)c1ccc(-c2ccc3ccc4cccc5ccc2c3c45)cc1.CC. The molecule has 2 N–H and O–H groups in total. The number of benzene rings is 5. The van der Waals surface area contributed by atoms with Crippen LogP contribution in [0.2, 0.25) is 0 Å². The van der Waals surface area contributed by atoms with Crippen molar-refractivity contribution in [2.75, 3.05) is 6.54 Å². The Morgan fingerprint density at radius 1 is 0.829 bits per heavy atom. The van der Waals surface area contributed by atoms with Crippen molar-refractivity contribution in [1.82, 2.24) is 10.4 Å². The maximum atomic E-state index is 4.37. The molecular formula is C38H39N2P. The van der Waals surface area contributed by atoms with Crippen molar-refractivity contribution in [1.29, 1.82) is 0 Å². The van der Waals surface area contributed by atoms with Gasteiger partial charge in [-0.25, -0.2) is 0 Å². The second-order valence-electron chi connectivity index (χ2n) is 10.2. The molecule has 0 saturated heterocycles. The maximum absolute atomic E-state index is 4.37. The predicted molar refractivity (Wildman–Crippen MR) is 185 cm³/mol. The third kappa shape index (κ3) is 5.45. The van der Waals surface area contributed by atoms with E-state index in [2.05, 4.69) is 135 Å². The molecule has 0 aromatic heterocycles. The van der Waals surface area contributed by atoms with E-state index in [0.717, 1.165) is 32.6 Å². The molecule has 0 heterocycles. The van der Waals surface area contributed by atoms with Crippen LogP contribution >= 0.6 is 8.35 Å². The molecule has 0 radical (unpaired) electrons. The van der Waals surface area contributed by atoms with E-state index in [-0.39, 0.29) is 0 Å². The molecule has 1 aliphatic carbocycles. The number of allylic oxidation sites excluding steroid dienone is 5. The van der Waals surface area contributed by atoms with Gasteiger partial charge in [-0.2, -0.15) is 0 Å². The van der Waals surface area contributed by atoms with Gasteiger partial charge < -0.3 is 10.4 Å². The minimum absolute atomic E-state index is 0.920. The van der Waals surface area contributed by atoms with E-state index >= 15 is 0 Å². The van der Waals surface area contributed by atoms with Gasteiger partial charge in [-0.3, -0.25) is 0 Å². The summed E-state index contributed by atoms with van der Waals surface area (Å²) < 4.78 is 0. The Hall–Kier alpha value is -4.13. The summed E-state index contributed by atoms with van der Waals surface area (Å²) >= 11 is 0. The zero-order valence-electron chi connectivity index (χ0n) is 24.8. The van der Waals surface area contributed by atoms with Crippen molar-refractivity contribution < 1.29 is 0 Å². The first-order valence-corrected chi connectivity index (χ1v) is 15.6. The minimum Gasteiger partial charge on any atom is -0.384 e. The molecule has 41 heavy (non-hydrogen) atoms. The standard InChI is InChI=1S/C36H33N2P.C2H6/c1-5-22-37-35-23(3)10-11-25(6-2)36(35)39-38-24(4)26-12-14-27(15-13-26)31-20-18-30-17-16-28-8-7-9-29-19-21-32(31)34(30)33(28)29;1-2/h6-21,37-38H,4-5,22H2,1-3H3;1-2H3/b25-6-;. The van der Waals surface area contributed by atoms with Gasteiger partial charge in [-0.1, -0.05) is 124 Å². The molecule has 0 spiro atoms. The Balaban J connectivity index is 0.00000165. The molecule has 5 aromatic rings. The summed E-state index contributed by atoms with van der Waals surface area (Å²) in [4.78, 5) is 0. The van der Waals surface area contributed by atoms with Crippen LogP contribution in [0.1, 0.15) is 46.6 Å². The Bertz CT molecular complexity index is 1820. The molecular weight excluding hydrogens is 515 g/mol. The van der Waals surface area contributed by atoms with Crippen LogP contribution in [-0.2, 0) is 0 Å². The van der Waals surface area contributed by atoms with Crippen LogP contribution < -0.4 is 10.4 Å². The number of nitrogens with one attached hydrogen (secondary N) is 2. The van der Waals surface area contributed by atoms with Crippen molar-refractivity contribution in [3.8, 4) is 11.1 Å². The first-order valence-electron chi connectivity index (χ1n) is 14.7. The largest absolute Gasteiger partial charge is 0.384 e. The van der Waals surface area contributed by atoms with E-state index in [1.165, 1.54) is 65.6 Å². The number of hydrogen-bond acceptors (Lipinski definition) is 2. The monoisotopic (exact) mass is 554 g/mol. The van der Waals surface area contributed by atoms with Gasteiger partial charge in [-0.15, -0.1) is 0 Å². The van der Waals surface area contributed by atoms with Crippen molar-refractivity contribution in [3.63, 3.8) is 0 Å². The fraction of sp³-hybridized carbons (Fsp3) is 0.184. The molecule has 0 amide bonds. The van der Waals surface area contributed by atoms with Crippen molar-refractivity contribution in [3.05, 3.63) is 126 Å². The topological polar surface area (TPSA) is 24.1 Å². The molecule has 1 aliphatic rings. The molecule has 2 nitrogen and oxygen atoms in total. The highest BCUT2D eigenvalue weighted by atomic mass is 31.1. The van der Waals surface area contributed by atoms with Crippen molar-refractivity contribution in [2.45, 2.75) is 41.0 Å². The normalized spacial score (nSPS) is 15.1. The Morgan fingerprint density at radius 3 is 2.17 bits per heavy atom. The Kier molecular flexibility index (Phi) is 8.72. The highest BCUT2D eigenvalue weighted by Gasteiger charge is 2.16. The van der Waals surface area contributed by atoms with Gasteiger partial charge in [0.25, 0.3) is 0 Å². The van der Waals surface area contributed by atoms with E-state index in [0.29, 0.717) is 0 Å². The lowest BCUT2D eigenvalue weighted by atomic mass is 9.90. The summed E-state index contributed by atoms with van der Waals surface area (Å²) in [5.41, 5.74) is 8.23. The molecule has 0 saturated carbocycles. The number of hydrogen-bond donors (Lipinski definition) is 2. The summed E-state index contributed by atoms with van der Waals surface area (Å²) in [7, 11) is 1.03. The lowest BCUT2D eigenvalue weighted by Gasteiger charge is -2.21. The van der Waals surface area contributed by atoms with E-state index in [4.69, 9.17) is 0 Å². The van der Waals surface area contributed by atoms with E-state index in [1.807, 2.05) is 13.8 Å². The fourth-order valence-electron chi connectivity index (χ4n) is 5.56. The molecule has 0 bridgehead atoms. The summed E-state index contributed by atoms with van der Waals surface area (Å²) in [6.07, 6.45) is 7.66. The van der Waals surface area contributed by atoms with Crippen LogP contribution in [0.4, 0.5) is 0 Å². The van der Waals surface area contributed by atoms with Gasteiger partial charge in [-0.05, 0) is 80.4 Å². The van der Waals surface area contributed by atoms with Crippen LogP contribution in [-0.4, -0.2) is 11.8 Å². The van der Waals surface area contributed by atoms with E-state index in [9.17, 15) is 0 Å². The first-order chi connectivity index (χ1) is 20.1. The highest BCUT2D eigenvalue weighted by molar-refractivity contribution is 7.40. The average molecular weight is 555 g/mol. The molecule has 0 fully saturated rings. The third-order valence-electron chi connectivity index (χ3n) is 7.66. The van der Waals surface area contributed by atoms with Crippen LogP contribution in [0.3, 0.4) is 0 Å². The second kappa shape index (κ2) is 12.6. The van der Waals surface area contributed by atoms with Gasteiger partial charge in [0, 0.05) is 25.9 Å².